The van der Waals surface area contributed by atoms with Crippen molar-refractivity contribution in [3.8, 4) is 10.4 Å². The number of rotatable bonds is 6. The van der Waals surface area contributed by atoms with Gasteiger partial charge < -0.3 is 4.90 Å². The summed E-state index contributed by atoms with van der Waals surface area (Å²) < 4.78 is 0. The lowest BCUT2D eigenvalue weighted by Crippen LogP contribution is -2.29. The number of thiophene rings is 1. The van der Waals surface area contributed by atoms with E-state index < -0.39 is 0 Å². The van der Waals surface area contributed by atoms with Crippen LogP contribution in [0.1, 0.15) is 25.3 Å². The summed E-state index contributed by atoms with van der Waals surface area (Å²) in [5.74, 6) is 0.125. The molecule has 0 N–H and O–H groups in total. The van der Waals surface area contributed by atoms with Crippen LogP contribution in [-0.4, -0.2) is 5.91 Å². The van der Waals surface area contributed by atoms with Crippen LogP contribution in [0.3, 0.4) is 0 Å². The van der Waals surface area contributed by atoms with E-state index in [-0.39, 0.29) is 5.91 Å². The van der Waals surface area contributed by atoms with Crippen LogP contribution < -0.4 is 4.90 Å². The van der Waals surface area contributed by atoms with E-state index in [1.54, 1.807) is 11.3 Å². The molecule has 0 saturated heterocycles. The maximum Gasteiger partial charge on any atom is 0.227 e. The van der Waals surface area contributed by atoms with Gasteiger partial charge in [-0.25, -0.2) is 0 Å². The van der Waals surface area contributed by atoms with E-state index in [0.717, 1.165) is 22.5 Å². The molecule has 0 aliphatic heterocycles. The van der Waals surface area contributed by atoms with Crippen LogP contribution in [0, 0.1) is 0 Å². The molecule has 2 nitrogen and oxygen atoms in total. The minimum atomic E-state index is 0.125. The first-order chi connectivity index (χ1) is 12.2. The maximum atomic E-state index is 12.7. The first kappa shape index (κ1) is 17.7. The molecule has 0 atom stereocenters. The molecular formula is C21H20ClNOS. The lowest BCUT2D eigenvalue weighted by Gasteiger charge is -2.22. The first-order valence-electron chi connectivity index (χ1n) is 8.36. The van der Waals surface area contributed by atoms with Crippen molar-refractivity contribution in [2.24, 2.45) is 0 Å². The number of carbonyl (C=O) groups excluding carboxylic acids is 1. The number of carbonyl (C=O) groups is 1. The van der Waals surface area contributed by atoms with Crippen LogP contribution in [-0.2, 0) is 11.3 Å². The van der Waals surface area contributed by atoms with Crippen LogP contribution in [0.25, 0.3) is 10.4 Å². The summed E-state index contributed by atoms with van der Waals surface area (Å²) in [6.45, 7) is 2.51. The zero-order chi connectivity index (χ0) is 17.6. The number of nitrogens with zero attached hydrogens (tertiary/aromatic N) is 1. The van der Waals surface area contributed by atoms with E-state index in [0.29, 0.717) is 18.0 Å². The van der Waals surface area contributed by atoms with Crippen LogP contribution >= 0.6 is 22.9 Å². The van der Waals surface area contributed by atoms with Gasteiger partial charge in [0.25, 0.3) is 0 Å². The van der Waals surface area contributed by atoms with Gasteiger partial charge in [-0.1, -0.05) is 67.1 Å². The molecule has 0 aliphatic rings. The Balaban J connectivity index is 1.91. The standard InChI is InChI=1S/C21H20ClNOS/c1-2-8-21(24)23(14-17-11-6-7-12-19(17)22)18-13-20(25-15-18)16-9-4-3-5-10-16/h3-7,9-13,15H,2,8,14H2,1H3. The third-order valence-corrected chi connectivity index (χ3v) is 5.34. The Bertz CT molecular complexity index is 844. The highest BCUT2D eigenvalue weighted by atomic mass is 35.5. The minimum Gasteiger partial charge on any atom is -0.307 e. The van der Waals surface area contributed by atoms with Crippen molar-refractivity contribution in [3.63, 3.8) is 0 Å². The fraction of sp³-hybridized carbons (Fsp3) is 0.190. The van der Waals surface area contributed by atoms with Crippen molar-refractivity contribution < 1.29 is 4.79 Å². The molecular weight excluding hydrogens is 350 g/mol. The maximum absolute atomic E-state index is 12.7. The van der Waals surface area contributed by atoms with E-state index in [2.05, 4.69) is 18.2 Å². The summed E-state index contributed by atoms with van der Waals surface area (Å²) in [6, 6.07) is 20.0. The molecule has 0 fully saturated rings. The fourth-order valence-electron chi connectivity index (χ4n) is 2.69. The SMILES string of the molecule is CCCC(=O)N(Cc1ccccc1Cl)c1csc(-c2ccccc2)c1. The molecule has 0 unspecified atom stereocenters. The van der Waals surface area contributed by atoms with Crippen LogP contribution in [0.2, 0.25) is 5.02 Å². The molecule has 0 saturated carbocycles. The van der Waals surface area contributed by atoms with E-state index in [4.69, 9.17) is 11.6 Å². The van der Waals surface area contributed by atoms with Gasteiger partial charge in [0.05, 0.1) is 12.2 Å². The summed E-state index contributed by atoms with van der Waals surface area (Å²) in [6.07, 6.45) is 1.36. The number of hydrogen-bond donors (Lipinski definition) is 0. The summed E-state index contributed by atoms with van der Waals surface area (Å²) in [5.41, 5.74) is 3.06. The molecule has 128 valence electrons. The average Bonchev–Trinajstić information content (AvgIpc) is 3.12. The van der Waals surface area contributed by atoms with Crippen LogP contribution in [0.15, 0.2) is 66.0 Å². The molecule has 0 spiro atoms. The second-order valence-corrected chi connectivity index (χ2v) is 7.17. The van der Waals surface area contributed by atoms with E-state index >= 15 is 0 Å². The van der Waals surface area contributed by atoms with Gasteiger partial charge in [0.1, 0.15) is 0 Å². The molecule has 4 heteroatoms. The Hall–Kier alpha value is -2.10. The molecule has 0 aliphatic carbocycles. The van der Waals surface area contributed by atoms with E-state index in [1.807, 2.05) is 59.7 Å². The third-order valence-electron chi connectivity index (χ3n) is 4.01. The van der Waals surface area contributed by atoms with Gasteiger partial charge in [-0.2, -0.15) is 0 Å². The highest BCUT2D eigenvalue weighted by molar-refractivity contribution is 7.14. The van der Waals surface area contributed by atoms with Gasteiger partial charge in [-0.05, 0) is 29.7 Å². The van der Waals surface area contributed by atoms with Gasteiger partial charge in [-0.15, -0.1) is 11.3 Å². The lowest BCUT2D eigenvalue weighted by molar-refractivity contribution is -0.118. The first-order valence-corrected chi connectivity index (χ1v) is 9.62. The number of anilines is 1. The summed E-state index contributed by atoms with van der Waals surface area (Å²) in [7, 11) is 0. The minimum absolute atomic E-state index is 0.125. The Kier molecular flexibility index (Phi) is 5.90. The molecule has 3 aromatic rings. The van der Waals surface area contributed by atoms with Crippen molar-refractivity contribution >= 4 is 34.5 Å². The quantitative estimate of drug-likeness (QED) is 0.492. The smallest absolute Gasteiger partial charge is 0.227 e. The van der Waals surface area contributed by atoms with Crippen molar-refractivity contribution in [3.05, 3.63) is 76.6 Å². The Morgan fingerprint density at radius 2 is 1.80 bits per heavy atom. The van der Waals surface area contributed by atoms with E-state index in [9.17, 15) is 4.79 Å². The number of halogens is 1. The van der Waals surface area contributed by atoms with Crippen molar-refractivity contribution in [1.82, 2.24) is 0 Å². The highest BCUT2D eigenvalue weighted by Crippen LogP contribution is 2.33. The van der Waals surface area contributed by atoms with Gasteiger partial charge >= 0.3 is 0 Å². The largest absolute Gasteiger partial charge is 0.307 e. The fourth-order valence-corrected chi connectivity index (χ4v) is 3.79. The highest BCUT2D eigenvalue weighted by Gasteiger charge is 2.18. The number of hydrogen-bond acceptors (Lipinski definition) is 2. The van der Waals surface area contributed by atoms with Gasteiger partial charge in [0.15, 0.2) is 0 Å². The van der Waals surface area contributed by atoms with Crippen LogP contribution in [0.4, 0.5) is 5.69 Å². The number of amides is 1. The topological polar surface area (TPSA) is 20.3 Å². The van der Waals surface area contributed by atoms with Gasteiger partial charge in [0.2, 0.25) is 5.91 Å². The Morgan fingerprint density at radius 1 is 1.08 bits per heavy atom. The zero-order valence-electron chi connectivity index (χ0n) is 14.1. The molecule has 1 heterocycles. The predicted molar refractivity (Wildman–Crippen MR) is 107 cm³/mol. The second kappa shape index (κ2) is 8.32. The Labute approximate surface area is 157 Å². The summed E-state index contributed by atoms with van der Waals surface area (Å²) >= 11 is 7.96. The van der Waals surface area contributed by atoms with Crippen molar-refractivity contribution in [2.75, 3.05) is 4.90 Å². The summed E-state index contributed by atoms with van der Waals surface area (Å²) in [5, 5.41) is 2.74. The monoisotopic (exact) mass is 369 g/mol. The Morgan fingerprint density at radius 3 is 2.52 bits per heavy atom. The molecule has 1 aromatic heterocycles. The normalized spacial score (nSPS) is 10.6. The van der Waals surface area contributed by atoms with Crippen molar-refractivity contribution in [1.29, 1.82) is 0 Å². The third kappa shape index (κ3) is 4.30. The van der Waals surface area contributed by atoms with Gasteiger partial charge in [-0.3, -0.25) is 4.79 Å². The molecule has 25 heavy (non-hydrogen) atoms. The predicted octanol–water partition coefficient (Wildman–Crippen LogP) is 6.40. The molecule has 2 aromatic carbocycles. The van der Waals surface area contributed by atoms with Crippen molar-refractivity contribution in [2.45, 2.75) is 26.3 Å². The van der Waals surface area contributed by atoms with E-state index in [1.165, 1.54) is 5.56 Å². The average molecular weight is 370 g/mol. The number of benzene rings is 2. The zero-order valence-corrected chi connectivity index (χ0v) is 15.7. The summed E-state index contributed by atoms with van der Waals surface area (Å²) in [4.78, 5) is 15.7. The lowest BCUT2D eigenvalue weighted by atomic mass is 10.1. The molecule has 1 amide bonds. The molecule has 0 radical (unpaired) electrons. The second-order valence-electron chi connectivity index (χ2n) is 5.86. The van der Waals surface area contributed by atoms with Gasteiger partial charge in [0, 0.05) is 21.7 Å². The molecule has 0 bridgehead atoms. The van der Waals surface area contributed by atoms with Crippen LogP contribution in [0.5, 0.6) is 0 Å². The molecule has 3 rings (SSSR count).